The van der Waals surface area contributed by atoms with Gasteiger partial charge in [0.15, 0.2) is 0 Å². The van der Waals surface area contributed by atoms with E-state index in [1.165, 1.54) is 5.39 Å². The number of fused-ring (bicyclic) bond motifs is 1. The zero-order valence-corrected chi connectivity index (χ0v) is 13.6. The first-order chi connectivity index (χ1) is 12.3. The molecule has 4 rings (SSSR count). The number of nitrogens with one attached hydrogen (secondary N) is 1. The van der Waals surface area contributed by atoms with Crippen molar-refractivity contribution in [2.45, 2.75) is 6.54 Å². The monoisotopic (exact) mass is 327 g/mol. The summed E-state index contributed by atoms with van der Waals surface area (Å²) in [6.07, 6.45) is 3.74. The maximum absolute atomic E-state index is 12.5. The summed E-state index contributed by atoms with van der Waals surface area (Å²) in [6.45, 7) is 0.413. The molecule has 4 nitrogen and oxygen atoms in total. The van der Waals surface area contributed by atoms with Gasteiger partial charge >= 0.3 is 0 Å². The van der Waals surface area contributed by atoms with Crippen LogP contribution in [0.3, 0.4) is 0 Å². The number of benzene rings is 2. The van der Waals surface area contributed by atoms with Gasteiger partial charge in [-0.3, -0.25) is 9.78 Å². The first-order valence-electron chi connectivity index (χ1n) is 8.16. The lowest BCUT2D eigenvalue weighted by molar-refractivity contribution is 0.0950. The lowest BCUT2D eigenvalue weighted by Crippen LogP contribution is -2.23. The van der Waals surface area contributed by atoms with Gasteiger partial charge in [-0.15, -0.1) is 0 Å². The second-order valence-electron chi connectivity index (χ2n) is 5.80. The molecule has 25 heavy (non-hydrogen) atoms. The van der Waals surface area contributed by atoms with E-state index in [9.17, 15) is 4.79 Å². The highest BCUT2D eigenvalue weighted by atomic mass is 16.1. The summed E-state index contributed by atoms with van der Waals surface area (Å²) in [4.78, 5) is 16.7. The highest BCUT2D eigenvalue weighted by molar-refractivity contribution is 5.95. The largest absolute Gasteiger partial charge is 0.346 e. The van der Waals surface area contributed by atoms with Crippen molar-refractivity contribution in [3.8, 4) is 5.69 Å². The van der Waals surface area contributed by atoms with E-state index >= 15 is 0 Å². The van der Waals surface area contributed by atoms with Crippen LogP contribution in [0.15, 0.2) is 85.2 Å². The minimum Gasteiger partial charge on any atom is -0.346 e. The summed E-state index contributed by atoms with van der Waals surface area (Å²) in [6, 6.07) is 23.5. The average molecular weight is 327 g/mol. The highest BCUT2D eigenvalue weighted by Crippen LogP contribution is 2.20. The molecule has 0 radical (unpaired) electrons. The minimum absolute atomic E-state index is 0.107. The van der Waals surface area contributed by atoms with Crippen molar-refractivity contribution in [2.24, 2.45) is 0 Å². The van der Waals surface area contributed by atoms with Crippen LogP contribution in [0.5, 0.6) is 0 Å². The molecule has 0 atom stereocenters. The number of carbonyl (C=O) groups excluding carboxylic acids is 1. The predicted octanol–water partition coefficient (Wildman–Crippen LogP) is 3.96. The second-order valence-corrected chi connectivity index (χ2v) is 5.80. The Labute approximate surface area is 145 Å². The number of aromatic nitrogens is 2. The smallest absolute Gasteiger partial charge is 0.251 e. The first-order valence-corrected chi connectivity index (χ1v) is 8.16. The van der Waals surface area contributed by atoms with E-state index in [1.807, 2.05) is 60.8 Å². The van der Waals surface area contributed by atoms with Gasteiger partial charge in [-0.1, -0.05) is 30.3 Å². The molecule has 0 saturated carbocycles. The molecule has 0 bridgehead atoms. The van der Waals surface area contributed by atoms with Crippen LogP contribution in [0.25, 0.3) is 16.6 Å². The van der Waals surface area contributed by atoms with E-state index in [-0.39, 0.29) is 5.91 Å². The third-order valence-electron chi connectivity index (χ3n) is 4.14. The molecule has 122 valence electrons. The number of pyridine rings is 1. The first kappa shape index (κ1) is 15.1. The van der Waals surface area contributed by atoms with Crippen molar-refractivity contribution in [1.82, 2.24) is 14.9 Å². The van der Waals surface area contributed by atoms with Crippen LogP contribution in [0.2, 0.25) is 0 Å². The van der Waals surface area contributed by atoms with Crippen LogP contribution in [0.4, 0.5) is 0 Å². The molecular formula is C21H17N3O. The molecule has 2 aromatic carbocycles. The summed E-state index contributed by atoms with van der Waals surface area (Å²) in [5.74, 6) is -0.107. The average Bonchev–Trinajstić information content (AvgIpc) is 3.11. The van der Waals surface area contributed by atoms with E-state index in [0.29, 0.717) is 12.1 Å². The van der Waals surface area contributed by atoms with Crippen molar-refractivity contribution in [3.63, 3.8) is 0 Å². The number of hydrogen-bond donors (Lipinski definition) is 1. The molecule has 4 aromatic rings. The van der Waals surface area contributed by atoms with Crippen LogP contribution in [0.1, 0.15) is 16.1 Å². The van der Waals surface area contributed by atoms with Crippen molar-refractivity contribution in [2.75, 3.05) is 0 Å². The molecule has 0 aliphatic carbocycles. The second kappa shape index (κ2) is 6.61. The number of nitrogens with zero attached hydrogens (tertiary/aromatic N) is 2. The van der Waals surface area contributed by atoms with E-state index in [2.05, 4.69) is 33.1 Å². The fourth-order valence-corrected chi connectivity index (χ4v) is 2.88. The van der Waals surface area contributed by atoms with Gasteiger partial charge in [0.1, 0.15) is 0 Å². The SMILES string of the molecule is O=C(NCc1ccccn1)c1cccc(-n2ccc3ccccc32)c1. The molecule has 2 aromatic heterocycles. The number of rotatable bonds is 4. The van der Waals surface area contributed by atoms with Gasteiger partial charge in [0.2, 0.25) is 0 Å². The van der Waals surface area contributed by atoms with Crippen LogP contribution in [-0.4, -0.2) is 15.5 Å². The van der Waals surface area contributed by atoms with Gasteiger partial charge in [-0.05, 0) is 47.9 Å². The Bertz CT molecular complexity index is 1020. The van der Waals surface area contributed by atoms with Gasteiger partial charge in [0.25, 0.3) is 5.91 Å². The lowest BCUT2D eigenvalue weighted by Gasteiger charge is -2.09. The standard InChI is InChI=1S/C21H17N3O/c25-21(23-15-18-8-3-4-12-22-18)17-7-5-9-19(14-17)24-13-11-16-6-1-2-10-20(16)24/h1-14H,15H2,(H,23,25). The molecule has 0 unspecified atom stereocenters. The van der Waals surface area contributed by atoms with E-state index in [0.717, 1.165) is 16.9 Å². The maximum atomic E-state index is 12.5. The third-order valence-corrected chi connectivity index (χ3v) is 4.14. The quantitative estimate of drug-likeness (QED) is 0.617. The molecule has 0 saturated heterocycles. The summed E-state index contributed by atoms with van der Waals surface area (Å²) < 4.78 is 2.09. The zero-order chi connectivity index (χ0) is 17.1. The van der Waals surface area contributed by atoms with Crippen LogP contribution in [0, 0.1) is 0 Å². The molecule has 1 N–H and O–H groups in total. The minimum atomic E-state index is -0.107. The fraction of sp³-hybridized carbons (Fsp3) is 0.0476. The molecular weight excluding hydrogens is 310 g/mol. The van der Waals surface area contributed by atoms with E-state index < -0.39 is 0 Å². The van der Waals surface area contributed by atoms with Crippen LogP contribution < -0.4 is 5.32 Å². The third kappa shape index (κ3) is 3.15. The number of carbonyl (C=O) groups is 1. The van der Waals surface area contributed by atoms with E-state index in [1.54, 1.807) is 6.20 Å². The summed E-state index contributed by atoms with van der Waals surface area (Å²) in [5, 5.41) is 4.09. The molecule has 0 aliphatic heterocycles. The molecule has 4 heteroatoms. The van der Waals surface area contributed by atoms with Crippen molar-refractivity contribution < 1.29 is 4.79 Å². The van der Waals surface area contributed by atoms with Crippen molar-refractivity contribution >= 4 is 16.8 Å². The summed E-state index contributed by atoms with van der Waals surface area (Å²) >= 11 is 0. The molecule has 0 fully saturated rings. The Kier molecular flexibility index (Phi) is 4.01. The topological polar surface area (TPSA) is 46.9 Å². The van der Waals surface area contributed by atoms with Crippen LogP contribution >= 0.6 is 0 Å². The highest BCUT2D eigenvalue weighted by Gasteiger charge is 2.08. The van der Waals surface area contributed by atoms with Crippen LogP contribution in [-0.2, 0) is 6.54 Å². The number of amides is 1. The van der Waals surface area contributed by atoms with E-state index in [4.69, 9.17) is 0 Å². The predicted molar refractivity (Wildman–Crippen MR) is 98.7 cm³/mol. The zero-order valence-electron chi connectivity index (χ0n) is 13.6. The Morgan fingerprint density at radius 1 is 0.960 bits per heavy atom. The lowest BCUT2D eigenvalue weighted by atomic mass is 10.1. The van der Waals surface area contributed by atoms with Crippen molar-refractivity contribution in [3.05, 3.63) is 96.4 Å². The Morgan fingerprint density at radius 2 is 1.84 bits per heavy atom. The van der Waals surface area contributed by atoms with Gasteiger partial charge in [-0.25, -0.2) is 0 Å². The van der Waals surface area contributed by atoms with Gasteiger partial charge in [0, 0.05) is 23.6 Å². The van der Waals surface area contributed by atoms with Crippen molar-refractivity contribution in [1.29, 1.82) is 0 Å². The molecule has 0 spiro atoms. The Morgan fingerprint density at radius 3 is 2.72 bits per heavy atom. The Hall–Kier alpha value is -3.40. The summed E-state index contributed by atoms with van der Waals surface area (Å²) in [5.41, 5.74) is 3.55. The van der Waals surface area contributed by atoms with Gasteiger partial charge in [0.05, 0.1) is 17.8 Å². The van der Waals surface area contributed by atoms with Gasteiger partial charge in [-0.2, -0.15) is 0 Å². The van der Waals surface area contributed by atoms with Gasteiger partial charge < -0.3 is 9.88 Å². The summed E-state index contributed by atoms with van der Waals surface area (Å²) in [7, 11) is 0. The number of para-hydroxylation sites is 1. The molecule has 0 aliphatic rings. The number of hydrogen-bond acceptors (Lipinski definition) is 2. The Balaban J connectivity index is 1.58. The maximum Gasteiger partial charge on any atom is 0.251 e. The molecule has 2 heterocycles. The normalized spacial score (nSPS) is 10.7. The molecule has 1 amide bonds. The fourth-order valence-electron chi connectivity index (χ4n) is 2.88.